The van der Waals surface area contributed by atoms with Crippen molar-refractivity contribution < 1.29 is 22.5 Å². The predicted molar refractivity (Wildman–Crippen MR) is 96.9 cm³/mol. The summed E-state index contributed by atoms with van der Waals surface area (Å²) < 4.78 is 41.4. The van der Waals surface area contributed by atoms with E-state index < -0.39 is 31.3 Å². The third-order valence-corrected chi connectivity index (χ3v) is 5.69. The first-order valence-corrected chi connectivity index (χ1v) is 9.62. The normalized spacial score (nSPS) is 14.4. The fourth-order valence-electron chi connectivity index (χ4n) is 2.71. The zero-order chi connectivity index (χ0) is 19.8. The highest BCUT2D eigenvalue weighted by molar-refractivity contribution is 7.92. The highest BCUT2D eigenvalue weighted by atomic mass is 35.5. The summed E-state index contributed by atoms with van der Waals surface area (Å²) in [4.78, 5) is 22.7. The van der Waals surface area contributed by atoms with Gasteiger partial charge in [-0.05, 0) is 30.7 Å². The molecular formula is C16H13ClFN3O5S. The second-order valence-electron chi connectivity index (χ2n) is 5.79. The molecule has 0 bridgehead atoms. The summed E-state index contributed by atoms with van der Waals surface area (Å²) in [5, 5.41) is 10.7. The number of hydrogen-bond donors (Lipinski definition) is 1. The maximum absolute atomic E-state index is 14.3. The van der Waals surface area contributed by atoms with Gasteiger partial charge in [0, 0.05) is 25.1 Å². The van der Waals surface area contributed by atoms with Crippen molar-refractivity contribution in [2.75, 3.05) is 16.2 Å². The van der Waals surface area contributed by atoms with Crippen molar-refractivity contribution in [1.82, 2.24) is 0 Å². The lowest BCUT2D eigenvalue weighted by atomic mass is 10.2. The molecule has 1 aliphatic heterocycles. The molecule has 2 aromatic carbocycles. The van der Waals surface area contributed by atoms with Crippen molar-refractivity contribution in [3.05, 3.63) is 57.4 Å². The number of rotatable bonds is 5. The zero-order valence-corrected chi connectivity index (χ0v) is 15.3. The Kier molecular flexibility index (Phi) is 5.03. The summed E-state index contributed by atoms with van der Waals surface area (Å²) >= 11 is 5.68. The SMILES string of the molecule is O=C1CCCN1c1ccc(NS(=O)(=O)c2ccc(Cl)c([N+](=O)[O-])c2)cc1F. The molecule has 1 saturated heterocycles. The molecule has 27 heavy (non-hydrogen) atoms. The van der Waals surface area contributed by atoms with Crippen molar-refractivity contribution in [2.45, 2.75) is 17.7 Å². The van der Waals surface area contributed by atoms with Crippen LogP contribution >= 0.6 is 11.6 Å². The fourth-order valence-corrected chi connectivity index (χ4v) is 3.96. The number of amides is 1. The minimum Gasteiger partial charge on any atom is -0.310 e. The number of nitrogens with one attached hydrogen (secondary N) is 1. The average Bonchev–Trinajstić information content (AvgIpc) is 3.00. The number of hydrogen-bond acceptors (Lipinski definition) is 5. The molecule has 0 aliphatic carbocycles. The van der Waals surface area contributed by atoms with Crippen molar-refractivity contribution in [3.8, 4) is 0 Å². The second-order valence-corrected chi connectivity index (χ2v) is 7.88. The third-order valence-electron chi connectivity index (χ3n) is 3.99. The number of anilines is 2. The van der Waals surface area contributed by atoms with Gasteiger partial charge in [-0.2, -0.15) is 0 Å². The molecule has 1 N–H and O–H groups in total. The van der Waals surface area contributed by atoms with Gasteiger partial charge in [0.15, 0.2) is 0 Å². The summed E-state index contributed by atoms with van der Waals surface area (Å²) in [7, 11) is -4.21. The Morgan fingerprint density at radius 3 is 2.56 bits per heavy atom. The van der Waals surface area contributed by atoms with Gasteiger partial charge in [-0.1, -0.05) is 11.6 Å². The number of halogens is 2. The van der Waals surface area contributed by atoms with Crippen molar-refractivity contribution in [3.63, 3.8) is 0 Å². The first kappa shape index (κ1) is 19.1. The Balaban J connectivity index is 1.88. The van der Waals surface area contributed by atoms with Crippen molar-refractivity contribution >= 4 is 44.6 Å². The minimum absolute atomic E-state index is 0.0718. The van der Waals surface area contributed by atoms with Gasteiger partial charge < -0.3 is 4.90 Å². The molecule has 1 amide bonds. The molecule has 0 radical (unpaired) electrons. The minimum atomic E-state index is -4.21. The molecule has 0 unspecified atom stereocenters. The number of nitrogens with zero attached hydrogens (tertiary/aromatic N) is 2. The van der Waals surface area contributed by atoms with E-state index in [2.05, 4.69) is 4.72 Å². The van der Waals surface area contributed by atoms with Crippen LogP contribution < -0.4 is 9.62 Å². The van der Waals surface area contributed by atoms with E-state index in [4.69, 9.17) is 11.6 Å². The van der Waals surface area contributed by atoms with E-state index in [0.717, 1.165) is 24.3 Å². The number of sulfonamides is 1. The third kappa shape index (κ3) is 3.86. The van der Waals surface area contributed by atoms with Crippen molar-refractivity contribution in [2.24, 2.45) is 0 Å². The Hall–Kier alpha value is -2.72. The molecule has 2 aromatic rings. The molecule has 3 rings (SSSR count). The molecule has 0 atom stereocenters. The van der Waals surface area contributed by atoms with Crippen molar-refractivity contribution in [1.29, 1.82) is 0 Å². The number of carbonyl (C=O) groups excluding carboxylic acids is 1. The van der Waals surface area contributed by atoms with Gasteiger partial charge in [0.25, 0.3) is 15.7 Å². The van der Waals surface area contributed by atoms with Gasteiger partial charge in [0.1, 0.15) is 10.8 Å². The standard InChI is InChI=1S/C16H13ClFN3O5S/c17-12-5-4-11(9-15(12)21(23)24)27(25,26)19-10-3-6-14(13(18)8-10)20-7-1-2-16(20)22/h3-6,8-9,19H,1-2,7H2. The van der Waals surface area contributed by atoms with E-state index in [1.54, 1.807) is 0 Å². The van der Waals surface area contributed by atoms with E-state index in [-0.39, 0.29) is 22.3 Å². The second kappa shape index (κ2) is 7.12. The van der Waals surface area contributed by atoms with Gasteiger partial charge in [-0.3, -0.25) is 19.6 Å². The molecule has 1 aliphatic rings. The molecule has 0 saturated carbocycles. The van der Waals surface area contributed by atoms with Crippen LogP contribution in [0.2, 0.25) is 5.02 Å². The maximum atomic E-state index is 14.3. The summed E-state index contributed by atoms with van der Waals surface area (Å²) in [6.45, 7) is 0.398. The van der Waals surface area contributed by atoms with Crippen LogP contribution in [0, 0.1) is 15.9 Å². The zero-order valence-electron chi connectivity index (χ0n) is 13.7. The average molecular weight is 414 g/mol. The highest BCUT2D eigenvalue weighted by Gasteiger charge is 2.25. The number of nitro groups is 1. The molecule has 11 heteroatoms. The maximum Gasteiger partial charge on any atom is 0.289 e. The van der Waals surface area contributed by atoms with Crippen LogP contribution in [-0.4, -0.2) is 25.8 Å². The van der Waals surface area contributed by atoms with Gasteiger partial charge in [0.05, 0.1) is 21.2 Å². The largest absolute Gasteiger partial charge is 0.310 e. The summed E-state index contributed by atoms with van der Waals surface area (Å²) in [5.41, 5.74) is -0.573. The van der Waals surface area contributed by atoms with Crippen LogP contribution in [0.15, 0.2) is 41.3 Å². The summed E-state index contributed by atoms with van der Waals surface area (Å²) in [6.07, 6.45) is 0.963. The van der Waals surface area contributed by atoms with Crippen LogP contribution in [0.3, 0.4) is 0 Å². The van der Waals surface area contributed by atoms with E-state index in [0.29, 0.717) is 19.4 Å². The van der Waals surface area contributed by atoms with Crippen LogP contribution in [0.4, 0.5) is 21.5 Å². The van der Waals surface area contributed by atoms with Crippen LogP contribution in [-0.2, 0) is 14.8 Å². The first-order chi connectivity index (χ1) is 12.7. The van der Waals surface area contributed by atoms with E-state index in [1.807, 2.05) is 0 Å². The van der Waals surface area contributed by atoms with Crippen LogP contribution in [0.1, 0.15) is 12.8 Å². The lowest BCUT2D eigenvalue weighted by Crippen LogP contribution is -2.24. The Labute approximate surface area is 158 Å². The number of carbonyl (C=O) groups is 1. The van der Waals surface area contributed by atoms with Gasteiger partial charge in [-0.25, -0.2) is 12.8 Å². The van der Waals surface area contributed by atoms with E-state index in [9.17, 15) is 27.7 Å². The van der Waals surface area contributed by atoms with Gasteiger partial charge in [0.2, 0.25) is 5.91 Å². The Morgan fingerprint density at radius 1 is 1.22 bits per heavy atom. The predicted octanol–water partition coefficient (Wildman–Crippen LogP) is 3.31. The molecule has 8 nitrogen and oxygen atoms in total. The van der Waals surface area contributed by atoms with E-state index in [1.165, 1.54) is 17.0 Å². The molecular weight excluding hydrogens is 401 g/mol. The Morgan fingerprint density at radius 2 is 1.96 bits per heavy atom. The lowest BCUT2D eigenvalue weighted by molar-refractivity contribution is -0.384. The monoisotopic (exact) mass is 413 g/mol. The molecule has 1 fully saturated rings. The topological polar surface area (TPSA) is 110 Å². The number of nitro benzene ring substituents is 1. The number of benzene rings is 2. The van der Waals surface area contributed by atoms with Gasteiger partial charge >= 0.3 is 0 Å². The summed E-state index contributed by atoms with van der Waals surface area (Å²) in [5.74, 6) is -0.955. The van der Waals surface area contributed by atoms with Gasteiger partial charge in [-0.15, -0.1) is 0 Å². The highest BCUT2D eigenvalue weighted by Crippen LogP contribution is 2.30. The molecule has 0 spiro atoms. The smallest absolute Gasteiger partial charge is 0.289 e. The molecule has 0 aromatic heterocycles. The molecule has 142 valence electrons. The lowest BCUT2D eigenvalue weighted by Gasteiger charge is -2.17. The molecule has 1 heterocycles. The quantitative estimate of drug-likeness (QED) is 0.597. The van der Waals surface area contributed by atoms with E-state index >= 15 is 0 Å². The first-order valence-electron chi connectivity index (χ1n) is 7.76. The summed E-state index contributed by atoms with van der Waals surface area (Å²) in [6, 6.07) is 6.58. The van der Waals surface area contributed by atoms with Crippen LogP contribution in [0.25, 0.3) is 0 Å². The fraction of sp³-hybridized carbons (Fsp3) is 0.188. The van der Waals surface area contributed by atoms with Crippen LogP contribution in [0.5, 0.6) is 0 Å². The Bertz CT molecular complexity index is 1040.